The Morgan fingerprint density at radius 2 is 1.46 bits per heavy atom. The van der Waals surface area contributed by atoms with E-state index >= 15 is 0 Å². The number of carbonyl (C=O) groups is 4. The summed E-state index contributed by atoms with van der Waals surface area (Å²) in [6.45, 7) is 2.84. The number of amides is 3. The van der Waals surface area contributed by atoms with Gasteiger partial charge >= 0.3 is 5.97 Å². The van der Waals surface area contributed by atoms with Crippen molar-refractivity contribution in [2.75, 3.05) is 6.54 Å². The average Bonchev–Trinajstić information content (AvgIpc) is 2.82. The number of carboxylic acids is 1. The molecule has 0 saturated carbocycles. The van der Waals surface area contributed by atoms with Crippen molar-refractivity contribution in [1.82, 2.24) is 16.0 Å². The Labute approximate surface area is 203 Å². The molecule has 0 aliphatic heterocycles. The Morgan fingerprint density at radius 3 is 2.03 bits per heavy atom. The summed E-state index contributed by atoms with van der Waals surface area (Å²) in [5.74, 6) is -3.31. The van der Waals surface area contributed by atoms with Gasteiger partial charge in [-0.25, -0.2) is 4.79 Å². The number of phenols is 1. The second kappa shape index (κ2) is 13.1. The fourth-order valence-electron chi connectivity index (χ4n) is 3.35. The van der Waals surface area contributed by atoms with Crippen molar-refractivity contribution in [1.29, 1.82) is 0 Å². The number of carboxylic acid groups (broad SMARTS) is 1. The minimum atomic E-state index is -1.18. The fraction of sp³-hybridized carbons (Fsp3) is 0.360. The van der Waals surface area contributed by atoms with Crippen LogP contribution >= 0.6 is 0 Å². The van der Waals surface area contributed by atoms with Crippen molar-refractivity contribution in [2.45, 2.75) is 44.8 Å². The maximum atomic E-state index is 12.9. The quantitative estimate of drug-likeness (QED) is 0.252. The van der Waals surface area contributed by atoms with Gasteiger partial charge in [-0.2, -0.15) is 0 Å². The highest BCUT2D eigenvalue weighted by atomic mass is 16.4. The number of hydrogen-bond acceptors (Lipinski definition) is 6. The third-order valence-electron chi connectivity index (χ3n) is 5.32. The Kier molecular flexibility index (Phi) is 10.2. The number of phenolic OH excluding ortho intramolecular Hbond substituents is 1. The van der Waals surface area contributed by atoms with Crippen molar-refractivity contribution in [3.8, 4) is 5.75 Å². The predicted molar refractivity (Wildman–Crippen MR) is 129 cm³/mol. The molecule has 0 aliphatic rings. The van der Waals surface area contributed by atoms with Gasteiger partial charge < -0.3 is 31.9 Å². The van der Waals surface area contributed by atoms with Crippen LogP contribution in [0.4, 0.5) is 0 Å². The summed E-state index contributed by atoms with van der Waals surface area (Å²) in [5, 5.41) is 26.2. The number of aromatic hydroxyl groups is 1. The molecule has 0 bridgehead atoms. The monoisotopic (exact) mass is 484 g/mol. The van der Waals surface area contributed by atoms with E-state index in [1.54, 1.807) is 26.0 Å². The van der Waals surface area contributed by atoms with E-state index in [2.05, 4.69) is 16.0 Å². The molecule has 2 aromatic carbocycles. The lowest BCUT2D eigenvalue weighted by Gasteiger charge is -2.22. The third-order valence-corrected chi connectivity index (χ3v) is 5.32. The highest BCUT2D eigenvalue weighted by Crippen LogP contribution is 2.12. The molecule has 0 aromatic heterocycles. The second-order valence-corrected chi connectivity index (χ2v) is 8.57. The number of benzene rings is 2. The minimum absolute atomic E-state index is 0.0541. The lowest BCUT2D eigenvalue weighted by atomic mass is 10.0. The number of aliphatic carboxylic acids is 1. The highest BCUT2D eigenvalue weighted by molar-refractivity contribution is 5.92. The first-order chi connectivity index (χ1) is 16.6. The predicted octanol–water partition coefficient (Wildman–Crippen LogP) is 0.331. The first-order valence-electron chi connectivity index (χ1n) is 11.2. The summed E-state index contributed by atoms with van der Waals surface area (Å²) in [6.07, 6.45) is 0.357. The summed E-state index contributed by atoms with van der Waals surface area (Å²) in [5.41, 5.74) is 7.58. The van der Waals surface area contributed by atoms with Crippen LogP contribution in [0.3, 0.4) is 0 Å². The van der Waals surface area contributed by atoms with Gasteiger partial charge in [0.15, 0.2) is 0 Å². The van der Waals surface area contributed by atoms with Gasteiger partial charge in [-0.05, 0) is 35.6 Å². The summed E-state index contributed by atoms with van der Waals surface area (Å²) < 4.78 is 0. The molecule has 2 aromatic rings. The molecular weight excluding hydrogens is 452 g/mol. The number of nitrogens with two attached hydrogens (primary N) is 1. The van der Waals surface area contributed by atoms with Crippen molar-refractivity contribution in [3.63, 3.8) is 0 Å². The lowest BCUT2D eigenvalue weighted by molar-refractivity contribution is -0.143. The van der Waals surface area contributed by atoms with Crippen LogP contribution in [-0.2, 0) is 32.0 Å². The zero-order valence-electron chi connectivity index (χ0n) is 19.7. The summed E-state index contributed by atoms with van der Waals surface area (Å²) in [6, 6.07) is 12.3. The smallest absolute Gasteiger partial charge is 0.326 e. The van der Waals surface area contributed by atoms with Gasteiger partial charge in [-0.15, -0.1) is 0 Å². The standard InChI is InChI=1S/C25H32N4O6/c1-15(2)22(25(34)35)29-21(31)14-27-24(33)20(13-17-8-10-18(30)11-9-17)28-23(32)19(26)12-16-6-4-3-5-7-16/h3-11,15,19-20,22,30H,12-14,26H2,1-2H3,(H,27,33)(H,28,32)(H,29,31)(H,34,35). The molecule has 0 aliphatic carbocycles. The van der Waals surface area contributed by atoms with E-state index in [0.29, 0.717) is 5.56 Å². The van der Waals surface area contributed by atoms with Crippen molar-refractivity contribution in [3.05, 3.63) is 65.7 Å². The molecule has 0 radical (unpaired) electrons. The number of hydrogen-bond donors (Lipinski definition) is 6. The van der Waals surface area contributed by atoms with E-state index in [4.69, 9.17) is 5.73 Å². The van der Waals surface area contributed by atoms with Crippen LogP contribution in [0.15, 0.2) is 54.6 Å². The van der Waals surface area contributed by atoms with Crippen molar-refractivity contribution in [2.24, 2.45) is 11.7 Å². The fourth-order valence-corrected chi connectivity index (χ4v) is 3.35. The van der Waals surface area contributed by atoms with Gasteiger partial charge in [0.05, 0.1) is 12.6 Å². The van der Waals surface area contributed by atoms with Crippen LogP contribution in [0.1, 0.15) is 25.0 Å². The molecule has 0 fully saturated rings. The van der Waals surface area contributed by atoms with E-state index in [1.807, 2.05) is 30.3 Å². The molecule has 3 unspecified atom stereocenters. The third kappa shape index (κ3) is 9.09. The zero-order valence-corrected chi connectivity index (χ0v) is 19.7. The molecule has 10 heteroatoms. The molecule has 7 N–H and O–H groups in total. The number of nitrogens with one attached hydrogen (secondary N) is 3. The summed E-state index contributed by atoms with van der Waals surface area (Å²) in [4.78, 5) is 49.1. The SMILES string of the molecule is CC(C)C(NC(=O)CNC(=O)C(Cc1ccc(O)cc1)NC(=O)C(N)Cc1ccccc1)C(=O)O. The molecule has 2 rings (SSSR count). The van der Waals surface area contributed by atoms with Crippen LogP contribution < -0.4 is 21.7 Å². The Balaban J connectivity index is 2.05. The molecule has 3 amide bonds. The largest absolute Gasteiger partial charge is 0.508 e. The average molecular weight is 485 g/mol. The zero-order chi connectivity index (χ0) is 26.0. The molecule has 188 valence electrons. The van der Waals surface area contributed by atoms with E-state index in [0.717, 1.165) is 5.56 Å². The van der Waals surface area contributed by atoms with Gasteiger partial charge in [0, 0.05) is 6.42 Å². The Morgan fingerprint density at radius 1 is 0.857 bits per heavy atom. The number of rotatable bonds is 12. The molecule has 0 spiro atoms. The van der Waals surface area contributed by atoms with Crippen LogP contribution in [0.5, 0.6) is 5.75 Å². The van der Waals surface area contributed by atoms with Crippen LogP contribution in [0.25, 0.3) is 0 Å². The first-order valence-corrected chi connectivity index (χ1v) is 11.2. The lowest BCUT2D eigenvalue weighted by Crippen LogP contribution is -2.54. The van der Waals surface area contributed by atoms with Gasteiger partial charge in [-0.3, -0.25) is 14.4 Å². The molecular formula is C25H32N4O6. The van der Waals surface area contributed by atoms with Crippen molar-refractivity contribution >= 4 is 23.7 Å². The normalized spacial score (nSPS) is 13.4. The van der Waals surface area contributed by atoms with E-state index in [9.17, 15) is 29.4 Å². The second-order valence-electron chi connectivity index (χ2n) is 8.57. The molecule has 0 saturated heterocycles. The first kappa shape index (κ1) is 27.3. The minimum Gasteiger partial charge on any atom is -0.508 e. The van der Waals surface area contributed by atoms with Crippen LogP contribution in [-0.4, -0.2) is 58.6 Å². The van der Waals surface area contributed by atoms with Crippen LogP contribution in [0, 0.1) is 5.92 Å². The summed E-state index contributed by atoms with van der Waals surface area (Å²) in [7, 11) is 0. The van der Waals surface area contributed by atoms with E-state index in [1.165, 1.54) is 12.1 Å². The van der Waals surface area contributed by atoms with Crippen LogP contribution in [0.2, 0.25) is 0 Å². The van der Waals surface area contributed by atoms with E-state index in [-0.39, 0.29) is 24.5 Å². The number of carbonyl (C=O) groups excluding carboxylic acids is 3. The summed E-state index contributed by atoms with van der Waals surface area (Å²) >= 11 is 0. The van der Waals surface area contributed by atoms with Gasteiger partial charge in [0.2, 0.25) is 17.7 Å². The molecule has 0 heterocycles. The Bertz CT molecular complexity index is 1010. The Hall–Kier alpha value is -3.92. The van der Waals surface area contributed by atoms with Gasteiger partial charge in [0.1, 0.15) is 17.8 Å². The van der Waals surface area contributed by atoms with Gasteiger partial charge in [-0.1, -0.05) is 56.3 Å². The maximum absolute atomic E-state index is 12.9. The molecule has 3 atom stereocenters. The topological polar surface area (TPSA) is 171 Å². The van der Waals surface area contributed by atoms with Crippen molar-refractivity contribution < 1.29 is 29.4 Å². The van der Waals surface area contributed by atoms with Gasteiger partial charge in [0.25, 0.3) is 0 Å². The highest BCUT2D eigenvalue weighted by Gasteiger charge is 2.26. The molecule has 10 nitrogen and oxygen atoms in total. The maximum Gasteiger partial charge on any atom is 0.326 e. The molecule has 35 heavy (non-hydrogen) atoms. The van der Waals surface area contributed by atoms with E-state index < -0.39 is 48.4 Å².